The van der Waals surface area contributed by atoms with Crippen LogP contribution in [0.5, 0.6) is 0 Å². The molecule has 1 N–H and O–H groups in total. The summed E-state index contributed by atoms with van der Waals surface area (Å²) in [5, 5.41) is 3.71. The minimum absolute atomic E-state index is 0.253. The van der Waals surface area contributed by atoms with Gasteiger partial charge in [0.15, 0.2) is 0 Å². The fraction of sp³-hybridized carbons (Fsp3) is 0.538. The molecule has 0 bridgehead atoms. The van der Waals surface area contributed by atoms with Crippen molar-refractivity contribution in [2.24, 2.45) is 0 Å². The lowest BCUT2D eigenvalue weighted by Gasteiger charge is -2.38. The molecule has 0 radical (unpaired) electrons. The number of nitrogens with one attached hydrogen (secondary N) is 1. The molecule has 1 spiro atoms. The lowest BCUT2D eigenvalue weighted by molar-refractivity contribution is 0.416. The fourth-order valence-electron chi connectivity index (χ4n) is 2.87. The third kappa shape index (κ3) is 1.42. The van der Waals surface area contributed by atoms with Crippen LogP contribution in [0.4, 0.5) is 0 Å². The van der Waals surface area contributed by atoms with Crippen LogP contribution in [-0.4, -0.2) is 12.3 Å². The maximum atomic E-state index is 3.71. The Balaban J connectivity index is 2.11. The Morgan fingerprint density at radius 1 is 1.40 bits per heavy atom. The van der Waals surface area contributed by atoms with Crippen molar-refractivity contribution >= 4 is 11.8 Å². The normalized spacial score (nSPS) is 34.3. The van der Waals surface area contributed by atoms with Gasteiger partial charge in [0.1, 0.15) is 0 Å². The lowest BCUT2D eigenvalue weighted by atomic mass is 9.80. The summed E-state index contributed by atoms with van der Waals surface area (Å²) in [6, 6.07) is 8.98. The molecule has 1 saturated heterocycles. The van der Waals surface area contributed by atoms with Crippen LogP contribution < -0.4 is 5.32 Å². The molecule has 1 aromatic rings. The summed E-state index contributed by atoms with van der Waals surface area (Å²) in [5.41, 5.74) is 3.11. The van der Waals surface area contributed by atoms with E-state index < -0.39 is 0 Å². The summed E-state index contributed by atoms with van der Waals surface area (Å²) in [5.74, 6) is 1.98. The van der Waals surface area contributed by atoms with Crippen molar-refractivity contribution in [2.75, 3.05) is 12.3 Å². The molecule has 2 atom stereocenters. The third-order valence-corrected chi connectivity index (χ3v) is 5.19. The van der Waals surface area contributed by atoms with Gasteiger partial charge < -0.3 is 0 Å². The lowest BCUT2D eigenvalue weighted by Crippen LogP contribution is -2.38. The molecular formula is C13H17NS. The summed E-state index contributed by atoms with van der Waals surface area (Å²) in [6.45, 7) is 3.51. The van der Waals surface area contributed by atoms with Gasteiger partial charge in [-0.05, 0) is 29.9 Å². The molecule has 80 valence electrons. The first kappa shape index (κ1) is 9.73. The zero-order valence-corrected chi connectivity index (χ0v) is 9.94. The summed E-state index contributed by atoms with van der Waals surface area (Å²) in [6.07, 6.45) is 2.60. The van der Waals surface area contributed by atoms with Gasteiger partial charge >= 0.3 is 0 Å². The molecule has 1 nitrogen and oxygen atoms in total. The van der Waals surface area contributed by atoms with E-state index in [9.17, 15) is 0 Å². The van der Waals surface area contributed by atoms with Gasteiger partial charge in [0, 0.05) is 12.3 Å². The Bertz CT molecular complexity index is 369. The number of fused-ring (bicyclic) bond motifs is 2. The quantitative estimate of drug-likeness (QED) is 0.719. The van der Waals surface area contributed by atoms with Crippen LogP contribution in [0.25, 0.3) is 0 Å². The van der Waals surface area contributed by atoms with E-state index >= 15 is 0 Å². The average molecular weight is 219 g/mol. The molecule has 1 fully saturated rings. The number of thioether (sulfide) groups is 1. The summed E-state index contributed by atoms with van der Waals surface area (Å²) < 4.78 is 0. The van der Waals surface area contributed by atoms with Gasteiger partial charge in [0.2, 0.25) is 0 Å². The first-order chi connectivity index (χ1) is 7.32. The molecule has 2 aliphatic rings. The van der Waals surface area contributed by atoms with Crippen molar-refractivity contribution in [2.45, 2.75) is 30.6 Å². The highest BCUT2D eigenvalue weighted by atomic mass is 32.2. The largest absolute Gasteiger partial charge is 0.298 e. The number of hydrogen-bond donors (Lipinski definition) is 1. The van der Waals surface area contributed by atoms with Gasteiger partial charge in [0.25, 0.3) is 0 Å². The van der Waals surface area contributed by atoms with Crippen LogP contribution in [0.15, 0.2) is 24.3 Å². The van der Waals surface area contributed by atoms with Gasteiger partial charge in [-0.3, -0.25) is 5.32 Å². The van der Waals surface area contributed by atoms with Gasteiger partial charge in [-0.15, -0.1) is 11.8 Å². The highest BCUT2D eigenvalue weighted by Gasteiger charge is 2.41. The smallest absolute Gasteiger partial charge is 0.0905 e. The predicted octanol–water partition coefficient (Wildman–Crippen LogP) is 3.07. The van der Waals surface area contributed by atoms with E-state index in [2.05, 4.69) is 48.3 Å². The van der Waals surface area contributed by atoms with Gasteiger partial charge in [0.05, 0.1) is 4.87 Å². The summed E-state index contributed by atoms with van der Waals surface area (Å²) >= 11 is 2.10. The van der Waals surface area contributed by atoms with Gasteiger partial charge in [-0.1, -0.05) is 31.2 Å². The molecule has 15 heavy (non-hydrogen) atoms. The Labute approximate surface area is 95.6 Å². The molecule has 3 rings (SSSR count). The van der Waals surface area contributed by atoms with Crippen LogP contribution in [0.3, 0.4) is 0 Å². The summed E-state index contributed by atoms with van der Waals surface area (Å²) in [4.78, 5) is 0.253. The molecule has 0 amide bonds. The van der Waals surface area contributed by atoms with Crippen LogP contribution in [0.2, 0.25) is 0 Å². The van der Waals surface area contributed by atoms with Crippen molar-refractivity contribution in [1.82, 2.24) is 5.32 Å². The van der Waals surface area contributed by atoms with Crippen LogP contribution in [0.1, 0.15) is 36.8 Å². The molecule has 0 saturated carbocycles. The fourth-order valence-corrected chi connectivity index (χ4v) is 4.23. The Morgan fingerprint density at radius 3 is 3.07 bits per heavy atom. The molecule has 2 heteroatoms. The van der Waals surface area contributed by atoms with E-state index in [-0.39, 0.29) is 4.87 Å². The van der Waals surface area contributed by atoms with Crippen LogP contribution in [0, 0.1) is 0 Å². The zero-order valence-electron chi connectivity index (χ0n) is 9.12. The van der Waals surface area contributed by atoms with Crippen LogP contribution >= 0.6 is 11.8 Å². The molecule has 1 aromatic carbocycles. The Hall–Kier alpha value is -0.470. The van der Waals surface area contributed by atoms with Crippen molar-refractivity contribution in [3.63, 3.8) is 0 Å². The molecular weight excluding hydrogens is 202 g/mol. The summed E-state index contributed by atoms with van der Waals surface area (Å²) in [7, 11) is 0. The van der Waals surface area contributed by atoms with E-state index in [0.717, 1.165) is 12.5 Å². The van der Waals surface area contributed by atoms with Crippen molar-refractivity contribution < 1.29 is 0 Å². The van der Waals surface area contributed by atoms with Crippen molar-refractivity contribution in [3.8, 4) is 0 Å². The van der Waals surface area contributed by atoms with Crippen molar-refractivity contribution in [3.05, 3.63) is 35.4 Å². The number of rotatable bonds is 0. The predicted molar refractivity (Wildman–Crippen MR) is 66.2 cm³/mol. The maximum absolute atomic E-state index is 3.71. The Kier molecular flexibility index (Phi) is 2.29. The molecule has 2 unspecified atom stereocenters. The second-order valence-corrected chi connectivity index (χ2v) is 6.02. The molecule has 1 heterocycles. The zero-order chi connectivity index (χ0) is 10.3. The SMILES string of the molecule is CC1CCC2(NCCS2)c2ccccc21. The minimum Gasteiger partial charge on any atom is -0.298 e. The first-order valence-corrected chi connectivity index (χ1v) is 6.79. The van der Waals surface area contributed by atoms with E-state index in [4.69, 9.17) is 0 Å². The highest BCUT2D eigenvalue weighted by molar-refractivity contribution is 8.00. The van der Waals surface area contributed by atoms with E-state index in [0.29, 0.717) is 0 Å². The molecule has 1 aliphatic heterocycles. The molecule has 0 aromatic heterocycles. The average Bonchev–Trinajstić information content (AvgIpc) is 2.74. The van der Waals surface area contributed by atoms with Crippen molar-refractivity contribution in [1.29, 1.82) is 0 Å². The number of hydrogen-bond acceptors (Lipinski definition) is 2. The second kappa shape index (κ2) is 3.53. The third-order valence-electron chi connectivity index (χ3n) is 3.72. The van der Waals surface area contributed by atoms with Gasteiger partial charge in [-0.2, -0.15) is 0 Å². The van der Waals surface area contributed by atoms with E-state index in [1.165, 1.54) is 18.6 Å². The maximum Gasteiger partial charge on any atom is 0.0905 e. The van der Waals surface area contributed by atoms with E-state index in [1.54, 1.807) is 11.1 Å². The monoisotopic (exact) mass is 219 g/mol. The minimum atomic E-state index is 0.253. The van der Waals surface area contributed by atoms with E-state index in [1.807, 2.05) is 0 Å². The van der Waals surface area contributed by atoms with Gasteiger partial charge in [-0.25, -0.2) is 0 Å². The topological polar surface area (TPSA) is 12.0 Å². The van der Waals surface area contributed by atoms with Crippen LogP contribution in [-0.2, 0) is 4.87 Å². The second-order valence-electron chi connectivity index (χ2n) is 4.63. The standard InChI is InChI=1S/C13H17NS/c1-10-6-7-13(14-8-9-15-13)12-5-3-2-4-11(10)12/h2-5,10,14H,6-9H2,1H3. The first-order valence-electron chi connectivity index (χ1n) is 5.80. The Morgan fingerprint density at radius 2 is 2.27 bits per heavy atom. The highest BCUT2D eigenvalue weighted by Crippen LogP contribution is 2.49. The molecule has 1 aliphatic carbocycles. The number of benzene rings is 1.